The molecule has 0 aliphatic carbocycles. The molecule has 0 unspecified atom stereocenters. The highest BCUT2D eigenvalue weighted by molar-refractivity contribution is 7.17. The molecule has 9 rings (SSSR count). The average Bonchev–Trinajstić information content (AvgIpc) is 1.62. The molecular weight excluding hydrogens is 1190 g/mol. The van der Waals surface area contributed by atoms with E-state index in [1.165, 1.54) is 17.5 Å². The number of piperazine rings is 1. The molecule has 8 bridgehead atoms. The highest BCUT2D eigenvalue weighted by atomic mass is 35.5. The normalized spacial score (nSPS) is 15.0. The number of allylic oxidation sites excluding steroid dienone is 1. The molecule has 7 N–H and O–H groups in total. The molecule has 6 aromatic rings. The number of halogens is 1. The standard InChI is InChI=1S/C65H77ClN12O11S/c1-9-42-37(4)47-31-49-39(6)44(14-15-57(80)81)61(73-49)45(62-59(64(84)85)40(7)50(74-62)33-52-43(10-2)38(5)48(72-52)32-51(42)71-47)30-56(79)67-17-24-87-27-29-88-28-26-86-23-16-58(82)89-25-22-77-18-20-78(21-19-77)55-34-54(69-41(8)70-55)75-65-68-35-53(90-65)63(83)76-60-36(3)12-11-13-46(60)66/h9,11-13,31-35,39,44,71-72H,1,10,14-30H2,2-8H3,(H,67,79)(H,76,83)(H,80,81)(H,84,85)(H,68,69,70,75)/t39-,44-/m0/s1. The maximum atomic E-state index is 14.0. The van der Waals surface area contributed by atoms with Crippen LogP contribution in [0.2, 0.25) is 5.02 Å². The largest absolute Gasteiger partial charge is 0.481 e. The van der Waals surface area contributed by atoms with Crippen LogP contribution in [0.4, 0.5) is 22.5 Å². The molecule has 3 aliphatic rings. The van der Waals surface area contributed by atoms with Crippen LogP contribution < -0.4 is 20.9 Å². The fraction of sp³-hybridized carbons (Fsp3) is 0.415. The third kappa shape index (κ3) is 16.1. The summed E-state index contributed by atoms with van der Waals surface area (Å²) in [6.07, 6.45) is 3.84. The van der Waals surface area contributed by atoms with Gasteiger partial charge in [-0.3, -0.25) is 29.1 Å². The summed E-state index contributed by atoms with van der Waals surface area (Å²) in [5, 5.41) is 30.7. The minimum absolute atomic E-state index is 0.0567. The van der Waals surface area contributed by atoms with Crippen LogP contribution in [0.3, 0.4) is 0 Å². The average molecular weight is 1270 g/mol. The van der Waals surface area contributed by atoms with E-state index in [1.807, 2.05) is 77.1 Å². The van der Waals surface area contributed by atoms with Crippen molar-refractivity contribution in [3.8, 4) is 0 Å². The molecule has 90 heavy (non-hydrogen) atoms. The Bertz CT molecular complexity index is 3870. The first-order valence-electron chi connectivity index (χ1n) is 30.1. The second-order valence-electron chi connectivity index (χ2n) is 22.3. The number of carboxylic acids is 2. The van der Waals surface area contributed by atoms with Gasteiger partial charge in [-0.15, -0.1) is 0 Å². The second kappa shape index (κ2) is 30.4. The van der Waals surface area contributed by atoms with Crippen LogP contribution in [0.1, 0.15) is 124 Å². The number of carbonyl (C=O) groups is 5. The number of hydrogen-bond acceptors (Lipinski definition) is 18. The summed E-state index contributed by atoms with van der Waals surface area (Å²) >= 11 is 7.51. The van der Waals surface area contributed by atoms with Crippen molar-refractivity contribution >= 4 is 114 Å². The number of carboxylic acid groups (broad SMARTS) is 2. The number of rotatable bonds is 28. The van der Waals surface area contributed by atoms with Crippen molar-refractivity contribution in [3.63, 3.8) is 0 Å². The molecule has 1 saturated heterocycles. The molecule has 3 aliphatic heterocycles. The molecule has 5 aromatic heterocycles. The van der Waals surface area contributed by atoms with Crippen LogP contribution in [-0.4, -0.2) is 165 Å². The summed E-state index contributed by atoms with van der Waals surface area (Å²) in [4.78, 5) is 101. The number of fused-ring (bicyclic) bond motifs is 8. The van der Waals surface area contributed by atoms with E-state index < -0.39 is 23.8 Å². The lowest BCUT2D eigenvalue weighted by molar-refractivity contribution is -0.145. The maximum Gasteiger partial charge on any atom is 0.338 e. The van der Waals surface area contributed by atoms with Gasteiger partial charge in [0.2, 0.25) is 5.91 Å². The Balaban J connectivity index is 0.702. The van der Waals surface area contributed by atoms with Gasteiger partial charge in [-0.1, -0.05) is 61.6 Å². The molecule has 476 valence electrons. The van der Waals surface area contributed by atoms with E-state index in [0.29, 0.717) is 86.6 Å². The third-order valence-electron chi connectivity index (χ3n) is 16.3. The van der Waals surface area contributed by atoms with Crippen molar-refractivity contribution in [2.45, 2.75) is 92.4 Å². The topological polar surface area (TPSA) is 301 Å². The number of aromatic nitrogens is 7. The van der Waals surface area contributed by atoms with E-state index >= 15 is 0 Å². The van der Waals surface area contributed by atoms with Crippen LogP contribution in [0.25, 0.3) is 39.3 Å². The van der Waals surface area contributed by atoms with Crippen LogP contribution in [0.5, 0.6) is 0 Å². The maximum absolute atomic E-state index is 14.0. The van der Waals surface area contributed by atoms with Gasteiger partial charge in [0.15, 0.2) is 5.13 Å². The van der Waals surface area contributed by atoms with Gasteiger partial charge >= 0.3 is 17.9 Å². The van der Waals surface area contributed by atoms with Gasteiger partial charge < -0.3 is 60.0 Å². The van der Waals surface area contributed by atoms with E-state index in [0.717, 1.165) is 68.8 Å². The lowest BCUT2D eigenvalue weighted by Crippen LogP contribution is -2.47. The van der Waals surface area contributed by atoms with Gasteiger partial charge in [0.05, 0.1) is 92.0 Å². The predicted molar refractivity (Wildman–Crippen MR) is 348 cm³/mol. The lowest BCUT2D eigenvalue weighted by Gasteiger charge is -2.35. The van der Waals surface area contributed by atoms with E-state index in [9.17, 15) is 34.2 Å². The van der Waals surface area contributed by atoms with Crippen molar-refractivity contribution in [3.05, 3.63) is 127 Å². The zero-order valence-corrected chi connectivity index (χ0v) is 53.3. The zero-order valence-electron chi connectivity index (χ0n) is 51.8. The van der Waals surface area contributed by atoms with Gasteiger partial charge in [-0.2, -0.15) is 0 Å². The minimum Gasteiger partial charge on any atom is -0.481 e. The van der Waals surface area contributed by atoms with Gasteiger partial charge in [0, 0.05) is 102 Å². The van der Waals surface area contributed by atoms with Crippen molar-refractivity contribution < 1.29 is 53.1 Å². The Morgan fingerprint density at radius 2 is 1.54 bits per heavy atom. The van der Waals surface area contributed by atoms with Crippen molar-refractivity contribution in [1.82, 2.24) is 45.1 Å². The number of benzene rings is 1. The number of aryl methyl sites for hydroxylation is 5. The first kappa shape index (κ1) is 66.0. The second-order valence-corrected chi connectivity index (χ2v) is 23.7. The zero-order chi connectivity index (χ0) is 64.2. The van der Waals surface area contributed by atoms with E-state index in [2.05, 4.69) is 64.2 Å². The van der Waals surface area contributed by atoms with Crippen molar-refractivity contribution in [2.75, 3.05) is 101 Å². The molecule has 0 saturated carbocycles. The minimum atomic E-state index is -1.21. The number of amides is 2. The number of aliphatic carboxylic acids is 2. The summed E-state index contributed by atoms with van der Waals surface area (Å²) < 4.78 is 22.5. The predicted octanol–water partition coefficient (Wildman–Crippen LogP) is 9.88. The van der Waals surface area contributed by atoms with Crippen molar-refractivity contribution in [2.24, 2.45) is 0 Å². The van der Waals surface area contributed by atoms with E-state index in [-0.39, 0.29) is 108 Å². The van der Waals surface area contributed by atoms with E-state index in [4.69, 9.17) is 40.5 Å². The SMILES string of the molecule is C=Cc1c(C)c2cc3nc(c(CC(=O)NCCOCCOCCOCCC(=O)OCCN4CCN(c5cc(Nc6ncc(C(=O)Nc7c(C)cccc7Cl)s6)nc(C)n5)CC4)c4nc(cc5[nH]c(cc1[nH]2)c(C)c5CC)C(C)=C4C(=O)O)[C@@H](CCC(=O)O)[C@@H]3C. The van der Waals surface area contributed by atoms with Crippen molar-refractivity contribution in [1.29, 1.82) is 0 Å². The Kier molecular flexibility index (Phi) is 22.3. The first-order chi connectivity index (χ1) is 43.3. The number of ether oxygens (including phenoxy) is 4. The number of H-pyrrole nitrogens is 2. The number of thiazole rings is 1. The molecule has 0 radical (unpaired) electrons. The monoisotopic (exact) mass is 1270 g/mol. The fourth-order valence-corrected chi connectivity index (χ4v) is 12.4. The summed E-state index contributed by atoms with van der Waals surface area (Å²) in [6.45, 7) is 22.8. The van der Waals surface area contributed by atoms with E-state index in [1.54, 1.807) is 13.0 Å². The number of esters is 1. The highest BCUT2D eigenvalue weighted by Gasteiger charge is 2.36. The molecule has 0 spiro atoms. The Morgan fingerprint density at radius 3 is 2.26 bits per heavy atom. The Morgan fingerprint density at radius 1 is 0.822 bits per heavy atom. The number of aromatic amines is 2. The molecule has 8 heterocycles. The quantitative estimate of drug-likeness (QED) is 0.0177. The Labute approximate surface area is 530 Å². The van der Waals surface area contributed by atoms with Crippen LogP contribution in [0.15, 0.2) is 55.2 Å². The summed E-state index contributed by atoms with van der Waals surface area (Å²) in [7, 11) is 0. The molecular formula is C65H77ClN12O11S. The number of nitrogens with zero attached hydrogens (tertiary/aromatic N) is 7. The molecule has 2 amide bonds. The summed E-state index contributed by atoms with van der Waals surface area (Å²) in [5.74, 6) is -2.16. The number of carbonyl (C=O) groups excluding carboxylic acids is 3. The van der Waals surface area contributed by atoms with Gasteiger partial charge in [0.1, 0.15) is 28.9 Å². The fourth-order valence-electron chi connectivity index (χ4n) is 11.4. The molecule has 25 heteroatoms. The molecule has 1 fully saturated rings. The summed E-state index contributed by atoms with van der Waals surface area (Å²) in [6, 6.07) is 13.1. The number of nitrogens with one attached hydrogen (secondary N) is 5. The molecule has 23 nitrogen and oxygen atoms in total. The van der Waals surface area contributed by atoms with Crippen LogP contribution in [0, 0.1) is 27.7 Å². The van der Waals surface area contributed by atoms with Gasteiger partial charge in [-0.25, -0.2) is 24.7 Å². The van der Waals surface area contributed by atoms with Gasteiger partial charge in [0.25, 0.3) is 5.91 Å². The summed E-state index contributed by atoms with van der Waals surface area (Å²) in [5.41, 5.74) is 10.9. The molecule has 2 atom stereocenters. The first-order valence-corrected chi connectivity index (χ1v) is 31.3. The molecule has 1 aromatic carbocycles. The Hall–Kier alpha value is -8.39. The lowest BCUT2D eigenvalue weighted by atomic mass is 9.84. The highest BCUT2D eigenvalue weighted by Crippen LogP contribution is 2.44. The number of anilines is 4. The third-order valence-corrected chi connectivity index (χ3v) is 17.6. The number of hydrogen-bond donors (Lipinski definition) is 7. The smallest absolute Gasteiger partial charge is 0.338 e. The van der Waals surface area contributed by atoms with Gasteiger partial charge in [-0.05, 0) is 99.6 Å². The number of para-hydroxylation sites is 1. The van der Waals surface area contributed by atoms with Crippen LogP contribution in [-0.2, 0) is 51.0 Å². The van der Waals surface area contributed by atoms with Crippen LogP contribution >= 0.6 is 22.9 Å².